The molecule has 0 saturated carbocycles. The molecule has 21 heavy (non-hydrogen) atoms. The van der Waals surface area contributed by atoms with E-state index in [1.807, 2.05) is 0 Å². The van der Waals surface area contributed by atoms with Crippen LogP contribution in [0.3, 0.4) is 0 Å². The maximum atomic E-state index is 11.9. The monoisotopic (exact) mass is 320 g/mol. The van der Waals surface area contributed by atoms with Crippen molar-refractivity contribution in [1.29, 1.82) is 0 Å². The van der Waals surface area contributed by atoms with Gasteiger partial charge in [0.15, 0.2) is 0 Å². The molecular weight excluding hydrogens is 305 g/mol. The highest BCUT2D eigenvalue weighted by Gasteiger charge is 2.25. The summed E-state index contributed by atoms with van der Waals surface area (Å²) in [5.74, 6) is -0.481. The van der Waals surface area contributed by atoms with E-state index in [9.17, 15) is 18.0 Å². The highest BCUT2D eigenvalue weighted by Crippen LogP contribution is 2.21. The van der Waals surface area contributed by atoms with Crippen molar-refractivity contribution in [3.8, 4) is 0 Å². The zero-order valence-electron chi connectivity index (χ0n) is 11.1. The van der Waals surface area contributed by atoms with Crippen LogP contribution in [0.25, 0.3) is 0 Å². The molecule has 4 nitrogen and oxygen atoms in total. The summed E-state index contributed by atoms with van der Waals surface area (Å²) < 4.78 is 40.6. The van der Waals surface area contributed by atoms with Gasteiger partial charge in [-0.3, -0.25) is 4.79 Å². The van der Waals surface area contributed by atoms with Crippen LogP contribution in [0.5, 0.6) is 0 Å². The summed E-state index contributed by atoms with van der Waals surface area (Å²) in [6.45, 7) is -0.465. The lowest BCUT2D eigenvalue weighted by Gasteiger charge is -2.10. The Hall–Kier alpha value is -1.67. The largest absolute Gasteiger partial charge is 0.389 e. The first kappa shape index (κ1) is 17.4. The molecule has 0 aromatic heterocycles. The van der Waals surface area contributed by atoms with Crippen LogP contribution >= 0.6 is 12.2 Å². The Morgan fingerprint density at radius 3 is 2.62 bits per heavy atom. The van der Waals surface area contributed by atoms with Gasteiger partial charge in [-0.15, -0.1) is 0 Å². The molecule has 0 atom stereocenters. The first-order chi connectivity index (χ1) is 9.79. The van der Waals surface area contributed by atoms with Gasteiger partial charge in [0, 0.05) is 18.6 Å². The van der Waals surface area contributed by atoms with Crippen LogP contribution < -0.4 is 11.1 Å². The maximum Gasteiger partial charge on any atom is 0.389 e. The number of nitrogens with two attached hydrogens (primary N) is 1. The van der Waals surface area contributed by atoms with Gasteiger partial charge in [-0.2, -0.15) is 13.2 Å². The number of rotatable bonds is 7. The third kappa shape index (κ3) is 7.05. The van der Waals surface area contributed by atoms with E-state index in [1.54, 1.807) is 24.3 Å². The number of halogens is 3. The molecule has 0 saturated heterocycles. The van der Waals surface area contributed by atoms with Gasteiger partial charge in [-0.1, -0.05) is 24.4 Å². The predicted molar refractivity (Wildman–Crippen MR) is 77.1 cm³/mol. The van der Waals surface area contributed by atoms with Crippen molar-refractivity contribution in [2.24, 2.45) is 5.73 Å². The highest BCUT2D eigenvalue weighted by atomic mass is 32.1. The van der Waals surface area contributed by atoms with Crippen molar-refractivity contribution in [1.82, 2.24) is 0 Å². The van der Waals surface area contributed by atoms with E-state index in [-0.39, 0.29) is 24.6 Å². The van der Waals surface area contributed by atoms with Crippen molar-refractivity contribution in [2.45, 2.75) is 19.0 Å². The van der Waals surface area contributed by atoms with Gasteiger partial charge in [-0.05, 0) is 18.6 Å². The van der Waals surface area contributed by atoms with Crippen LogP contribution in [0.15, 0.2) is 24.3 Å². The number of carbonyl (C=O) groups excluding carboxylic acids is 1. The number of nitrogens with one attached hydrogen (secondary N) is 1. The molecule has 0 aliphatic carbocycles. The summed E-state index contributed by atoms with van der Waals surface area (Å²) in [5, 5.41) is 2.55. The normalized spacial score (nSPS) is 11.2. The first-order valence-electron chi connectivity index (χ1n) is 6.13. The molecule has 8 heteroatoms. The predicted octanol–water partition coefficient (Wildman–Crippen LogP) is 2.62. The number of hydrogen-bond donors (Lipinski definition) is 2. The minimum Gasteiger partial charge on any atom is -0.389 e. The van der Waals surface area contributed by atoms with Crippen molar-refractivity contribution in [3.05, 3.63) is 29.8 Å². The molecule has 3 N–H and O–H groups in total. The van der Waals surface area contributed by atoms with E-state index < -0.39 is 18.5 Å². The van der Waals surface area contributed by atoms with Crippen LogP contribution in [0.4, 0.5) is 18.9 Å². The first-order valence-corrected chi connectivity index (χ1v) is 6.53. The fourth-order valence-electron chi connectivity index (χ4n) is 1.53. The second-order valence-corrected chi connectivity index (χ2v) is 4.67. The van der Waals surface area contributed by atoms with E-state index >= 15 is 0 Å². The fraction of sp³-hybridized carbons (Fsp3) is 0.385. The number of ether oxygens (including phenoxy) is 1. The average Bonchev–Trinajstić information content (AvgIpc) is 2.37. The van der Waals surface area contributed by atoms with Crippen LogP contribution in [-0.4, -0.2) is 30.3 Å². The number of alkyl halides is 3. The smallest absolute Gasteiger partial charge is 0.389 e. The van der Waals surface area contributed by atoms with Crippen LogP contribution in [0, 0.1) is 0 Å². The van der Waals surface area contributed by atoms with Crippen LogP contribution in [0.2, 0.25) is 0 Å². The minimum absolute atomic E-state index is 0.135. The lowest BCUT2D eigenvalue weighted by Crippen LogP contribution is -2.21. The summed E-state index contributed by atoms with van der Waals surface area (Å²) in [7, 11) is 0. The summed E-state index contributed by atoms with van der Waals surface area (Å²) in [4.78, 5) is 11.7. The topological polar surface area (TPSA) is 64.3 Å². The molecule has 0 aliphatic rings. The molecule has 0 spiro atoms. The molecule has 1 aromatic rings. The van der Waals surface area contributed by atoms with E-state index in [0.717, 1.165) is 0 Å². The Balaban J connectivity index is 2.36. The van der Waals surface area contributed by atoms with Gasteiger partial charge in [-0.25, -0.2) is 0 Å². The van der Waals surface area contributed by atoms with Crippen molar-refractivity contribution < 1.29 is 22.7 Å². The Kier molecular flexibility index (Phi) is 6.57. The van der Waals surface area contributed by atoms with Gasteiger partial charge in [0.1, 0.15) is 11.6 Å². The Bertz CT molecular complexity index is 506. The zero-order chi connectivity index (χ0) is 15.9. The Morgan fingerprint density at radius 2 is 2.00 bits per heavy atom. The van der Waals surface area contributed by atoms with Crippen LogP contribution in [-0.2, 0) is 9.53 Å². The number of para-hydroxylation sites is 1. The average molecular weight is 320 g/mol. The summed E-state index contributed by atoms with van der Waals surface area (Å²) >= 11 is 4.85. The highest BCUT2D eigenvalue weighted by molar-refractivity contribution is 7.80. The second-order valence-electron chi connectivity index (χ2n) is 4.23. The second kappa shape index (κ2) is 7.94. The lowest BCUT2D eigenvalue weighted by molar-refractivity contribution is -0.138. The lowest BCUT2D eigenvalue weighted by atomic mass is 10.2. The molecule has 1 amide bonds. The molecular formula is C13H15F3N2O2S. The van der Waals surface area contributed by atoms with Crippen molar-refractivity contribution in [2.75, 3.05) is 18.5 Å². The van der Waals surface area contributed by atoms with Crippen LogP contribution in [0.1, 0.15) is 18.4 Å². The summed E-state index contributed by atoms with van der Waals surface area (Å²) in [6, 6.07) is 6.69. The molecule has 0 aliphatic heterocycles. The molecule has 116 valence electrons. The summed E-state index contributed by atoms with van der Waals surface area (Å²) in [5.41, 5.74) is 6.46. The van der Waals surface area contributed by atoms with Gasteiger partial charge >= 0.3 is 6.18 Å². The third-order valence-corrected chi connectivity index (χ3v) is 2.67. The molecule has 1 rings (SSSR count). The minimum atomic E-state index is -4.21. The van der Waals surface area contributed by atoms with Crippen molar-refractivity contribution in [3.63, 3.8) is 0 Å². The Labute approximate surface area is 125 Å². The fourth-order valence-corrected chi connectivity index (χ4v) is 1.71. The maximum absolute atomic E-state index is 11.9. The quantitative estimate of drug-likeness (QED) is 0.599. The van der Waals surface area contributed by atoms with E-state index in [0.29, 0.717) is 11.3 Å². The SMILES string of the molecule is NC(=S)c1ccccc1NC(=O)COCCCC(F)(F)F. The standard InChI is InChI=1S/C13H15F3N2O2S/c14-13(15,16)6-3-7-20-8-11(19)18-10-5-2-1-4-9(10)12(17)21/h1-2,4-5H,3,6-8H2,(H2,17,21)(H,18,19). The number of hydrogen-bond acceptors (Lipinski definition) is 3. The van der Waals surface area contributed by atoms with E-state index in [1.165, 1.54) is 0 Å². The van der Waals surface area contributed by atoms with Gasteiger partial charge in [0.2, 0.25) is 5.91 Å². The number of anilines is 1. The molecule has 0 radical (unpaired) electrons. The third-order valence-electron chi connectivity index (χ3n) is 2.45. The van der Waals surface area contributed by atoms with E-state index in [2.05, 4.69) is 5.32 Å². The Morgan fingerprint density at radius 1 is 1.33 bits per heavy atom. The zero-order valence-corrected chi connectivity index (χ0v) is 11.9. The molecule has 0 bridgehead atoms. The number of benzene rings is 1. The van der Waals surface area contributed by atoms with Crippen molar-refractivity contribution >= 4 is 28.8 Å². The molecule has 1 aromatic carbocycles. The number of carbonyl (C=O) groups is 1. The molecule has 0 fully saturated rings. The van der Waals surface area contributed by atoms with Gasteiger partial charge in [0.25, 0.3) is 0 Å². The van der Waals surface area contributed by atoms with Gasteiger partial charge in [0.05, 0.1) is 5.69 Å². The molecule has 0 heterocycles. The number of thiocarbonyl (C=S) groups is 1. The summed E-state index contributed by atoms with van der Waals surface area (Å²) in [6.07, 6.45) is -5.32. The molecule has 0 unspecified atom stereocenters. The number of amides is 1. The van der Waals surface area contributed by atoms with Gasteiger partial charge < -0.3 is 15.8 Å². The van der Waals surface area contributed by atoms with E-state index in [4.69, 9.17) is 22.7 Å².